The molecule has 0 bridgehead atoms. The summed E-state index contributed by atoms with van der Waals surface area (Å²) in [6.45, 7) is 2.94. The molecule has 5 heteroatoms. The van der Waals surface area contributed by atoms with Gasteiger partial charge in [-0.1, -0.05) is 19.4 Å². The van der Waals surface area contributed by atoms with Gasteiger partial charge in [-0.2, -0.15) is 13.2 Å². The van der Waals surface area contributed by atoms with E-state index in [9.17, 15) is 17.6 Å². The van der Waals surface area contributed by atoms with E-state index < -0.39 is 17.6 Å². The fraction of sp³-hybridized carbons (Fsp3) is 0.600. The number of hydrogen-bond acceptors (Lipinski definition) is 1. The maximum atomic E-state index is 13.6. The fourth-order valence-electron chi connectivity index (χ4n) is 2.92. The zero-order valence-corrected chi connectivity index (χ0v) is 11.4. The summed E-state index contributed by atoms with van der Waals surface area (Å²) in [7, 11) is 0. The number of nitrogens with one attached hydrogen (secondary N) is 1. The Balaban J connectivity index is 2.18. The smallest absolute Gasteiger partial charge is 0.313 e. The van der Waals surface area contributed by atoms with E-state index in [0.29, 0.717) is 5.56 Å². The largest absolute Gasteiger partial charge is 0.419 e. The Morgan fingerprint density at radius 2 is 2.00 bits per heavy atom. The fourth-order valence-corrected chi connectivity index (χ4v) is 2.92. The van der Waals surface area contributed by atoms with Gasteiger partial charge in [-0.25, -0.2) is 4.39 Å². The number of rotatable bonds is 4. The Morgan fingerprint density at radius 3 is 2.60 bits per heavy atom. The molecule has 0 radical (unpaired) electrons. The minimum Gasteiger partial charge on any atom is -0.313 e. The van der Waals surface area contributed by atoms with E-state index in [1.807, 2.05) is 0 Å². The minimum atomic E-state index is -4.63. The molecule has 20 heavy (non-hydrogen) atoms. The van der Waals surface area contributed by atoms with Crippen LogP contribution in [-0.2, 0) is 6.18 Å². The quantitative estimate of drug-likeness (QED) is 0.806. The van der Waals surface area contributed by atoms with Crippen LogP contribution in [-0.4, -0.2) is 12.6 Å². The second kappa shape index (κ2) is 6.12. The van der Waals surface area contributed by atoms with Crippen LogP contribution in [0.5, 0.6) is 0 Å². The van der Waals surface area contributed by atoms with Crippen LogP contribution in [0.25, 0.3) is 0 Å². The van der Waals surface area contributed by atoms with Gasteiger partial charge in [-0.15, -0.1) is 0 Å². The van der Waals surface area contributed by atoms with Crippen molar-refractivity contribution in [2.75, 3.05) is 6.54 Å². The third-order valence-corrected chi connectivity index (χ3v) is 3.90. The Morgan fingerprint density at radius 1 is 1.25 bits per heavy atom. The first-order valence-corrected chi connectivity index (χ1v) is 7.03. The maximum Gasteiger partial charge on any atom is 0.419 e. The van der Waals surface area contributed by atoms with Gasteiger partial charge in [0.2, 0.25) is 0 Å². The van der Waals surface area contributed by atoms with E-state index in [0.717, 1.165) is 44.4 Å². The molecule has 1 aliphatic carbocycles. The summed E-state index contributed by atoms with van der Waals surface area (Å²) in [6.07, 6.45) is -0.711. The van der Waals surface area contributed by atoms with E-state index in [4.69, 9.17) is 0 Å². The molecule has 0 aromatic heterocycles. The molecule has 1 fully saturated rings. The molecule has 1 aromatic rings. The number of benzene rings is 1. The molecular formula is C15H19F4N. The summed E-state index contributed by atoms with van der Waals surface area (Å²) in [5, 5.41) is 3.40. The molecule has 0 spiro atoms. The standard InChI is InChI=1S/C15H19F4N/c1-2-8-20-14-5-3-4-11(14)10-6-7-12(13(16)9-10)15(17,18)19/h6-7,9,11,14,20H,2-5,8H2,1H3. The summed E-state index contributed by atoms with van der Waals surface area (Å²) in [5.41, 5.74) is -0.515. The molecule has 2 atom stereocenters. The summed E-state index contributed by atoms with van der Waals surface area (Å²) in [5.74, 6) is -1.06. The van der Waals surface area contributed by atoms with Gasteiger partial charge in [0.15, 0.2) is 0 Å². The van der Waals surface area contributed by atoms with E-state index >= 15 is 0 Å². The molecule has 112 valence electrons. The zero-order valence-electron chi connectivity index (χ0n) is 11.4. The monoisotopic (exact) mass is 289 g/mol. The van der Waals surface area contributed by atoms with Gasteiger partial charge < -0.3 is 5.32 Å². The van der Waals surface area contributed by atoms with Gasteiger partial charge >= 0.3 is 6.18 Å². The Bertz CT molecular complexity index is 456. The van der Waals surface area contributed by atoms with Gasteiger partial charge in [0, 0.05) is 6.04 Å². The van der Waals surface area contributed by atoms with E-state index in [-0.39, 0.29) is 12.0 Å². The van der Waals surface area contributed by atoms with E-state index in [2.05, 4.69) is 12.2 Å². The highest BCUT2D eigenvalue weighted by molar-refractivity contribution is 5.30. The normalized spacial score (nSPS) is 23.2. The second-order valence-corrected chi connectivity index (χ2v) is 5.34. The first-order chi connectivity index (χ1) is 9.43. The molecule has 1 N–H and O–H groups in total. The van der Waals surface area contributed by atoms with Crippen LogP contribution in [0.3, 0.4) is 0 Å². The topological polar surface area (TPSA) is 12.0 Å². The van der Waals surface area contributed by atoms with Gasteiger partial charge in [0.1, 0.15) is 5.82 Å². The van der Waals surface area contributed by atoms with Crippen molar-refractivity contribution >= 4 is 0 Å². The third kappa shape index (κ3) is 3.32. The highest BCUT2D eigenvalue weighted by atomic mass is 19.4. The maximum absolute atomic E-state index is 13.6. The van der Waals surface area contributed by atoms with Crippen molar-refractivity contribution in [3.63, 3.8) is 0 Å². The van der Waals surface area contributed by atoms with Crippen LogP contribution in [0.15, 0.2) is 18.2 Å². The summed E-state index contributed by atoms with van der Waals surface area (Å²) < 4.78 is 51.3. The second-order valence-electron chi connectivity index (χ2n) is 5.34. The molecule has 0 amide bonds. The van der Waals surface area contributed by atoms with Gasteiger partial charge in [0.05, 0.1) is 5.56 Å². The summed E-state index contributed by atoms with van der Waals surface area (Å²) >= 11 is 0. The zero-order chi connectivity index (χ0) is 14.8. The highest BCUT2D eigenvalue weighted by Crippen LogP contribution is 2.37. The van der Waals surface area contributed by atoms with Crippen molar-refractivity contribution in [3.05, 3.63) is 35.1 Å². The SMILES string of the molecule is CCCNC1CCCC1c1ccc(C(F)(F)F)c(F)c1. The van der Waals surface area contributed by atoms with Crippen molar-refractivity contribution in [2.24, 2.45) is 0 Å². The van der Waals surface area contributed by atoms with Crippen LogP contribution >= 0.6 is 0 Å². The first-order valence-electron chi connectivity index (χ1n) is 7.03. The lowest BCUT2D eigenvalue weighted by Crippen LogP contribution is -2.31. The summed E-state index contributed by atoms with van der Waals surface area (Å²) in [4.78, 5) is 0. The number of hydrogen-bond donors (Lipinski definition) is 1. The number of halogens is 4. The molecule has 1 aliphatic rings. The molecule has 1 nitrogen and oxygen atoms in total. The van der Waals surface area contributed by atoms with Crippen molar-refractivity contribution < 1.29 is 17.6 Å². The molecule has 1 saturated carbocycles. The lowest BCUT2D eigenvalue weighted by atomic mass is 9.93. The third-order valence-electron chi connectivity index (χ3n) is 3.90. The molecular weight excluding hydrogens is 270 g/mol. The molecule has 0 aliphatic heterocycles. The van der Waals surface area contributed by atoms with Crippen molar-refractivity contribution in [2.45, 2.75) is 50.7 Å². The van der Waals surface area contributed by atoms with Crippen LogP contribution in [0, 0.1) is 5.82 Å². The van der Waals surface area contributed by atoms with Gasteiger partial charge in [0.25, 0.3) is 0 Å². The van der Waals surface area contributed by atoms with Crippen molar-refractivity contribution in [3.8, 4) is 0 Å². The Hall–Kier alpha value is -1.10. The predicted octanol–water partition coefficient (Wildman–Crippen LogP) is 4.48. The van der Waals surface area contributed by atoms with Crippen molar-refractivity contribution in [1.82, 2.24) is 5.32 Å². The van der Waals surface area contributed by atoms with E-state index in [1.54, 1.807) is 0 Å². The average molecular weight is 289 g/mol. The van der Waals surface area contributed by atoms with Crippen LogP contribution in [0.1, 0.15) is 49.7 Å². The van der Waals surface area contributed by atoms with Gasteiger partial charge in [-0.3, -0.25) is 0 Å². The molecule has 0 heterocycles. The first kappa shape index (κ1) is 15.3. The Kier molecular flexibility index (Phi) is 4.68. The lowest BCUT2D eigenvalue weighted by molar-refractivity contribution is -0.140. The minimum absolute atomic E-state index is 0.110. The van der Waals surface area contributed by atoms with Crippen LogP contribution in [0.2, 0.25) is 0 Å². The Labute approximate surface area is 116 Å². The lowest BCUT2D eigenvalue weighted by Gasteiger charge is -2.22. The summed E-state index contributed by atoms with van der Waals surface area (Å²) in [6, 6.07) is 3.58. The van der Waals surface area contributed by atoms with Crippen LogP contribution in [0.4, 0.5) is 17.6 Å². The molecule has 0 saturated heterocycles. The van der Waals surface area contributed by atoms with E-state index in [1.165, 1.54) is 6.07 Å². The average Bonchev–Trinajstić information content (AvgIpc) is 2.82. The van der Waals surface area contributed by atoms with Gasteiger partial charge in [-0.05, 0) is 49.4 Å². The van der Waals surface area contributed by atoms with Crippen LogP contribution < -0.4 is 5.32 Å². The number of alkyl halides is 3. The molecule has 2 unspecified atom stereocenters. The molecule has 2 rings (SSSR count). The highest BCUT2D eigenvalue weighted by Gasteiger charge is 2.35. The predicted molar refractivity (Wildman–Crippen MR) is 70.1 cm³/mol. The molecule has 1 aromatic carbocycles. The van der Waals surface area contributed by atoms with Crippen molar-refractivity contribution in [1.29, 1.82) is 0 Å².